The van der Waals surface area contributed by atoms with Gasteiger partial charge in [0.2, 0.25) is 0 Å². The Labute approximate surface area is 154 Å². The highest BCUT2D eigenvalue weighted by Gasteiger charge is 2.11. The van der Waals surface area contributed by atoms with Crippen LogP contribution < -0.4 is 4.74 Å². The van der Waals surface area contributed by atoms with Crippen LogP contribution in [0.1, 0.15) is 15.9 Å². The minimum Gasteiger partial charge on any atom is -0.489 e. The molecule has 0 atom stereocenters. The highest BCUT2D eigenvalue weighted by Crippen LogP contribution is 2.26. The highest BCUT2D eigenvalue weighted by molar-refractivity contribution is 5.89. The average molecular weight is 372 g/mol. The minimum atomic E-state index is -0.662. The van der Waals surface area contributed by atoms with Crippen LogP contribution in [0.3, 0.4) is 0 Å². The van der Waals surface area contributed by atoms with Crippen LogP contribution >= 0.6 is 0 Å². The fourth-order valence-electron chi connectivity index (χ4n) is 2.55. The lowest BCUT2D eigenvalue weighted by molar-refractivity contribution is 0.0600. The number of ether oxygens (including phenoxy) is 2. The first-order valence-corrected chi connectivity index (χ1v) is 8.03. The third-order valence-corrected chi connectivity index (χ3v) is 3.96. The Morgan fingerprint density at radius 3 is 2.30 bits per heavy atom. The van der Waals surface area contributed by atoms with E-state index in [-0.39, 0.29) is 23.3 Å². The summed E-state index contributed by atoms with van der Waals surface area (Å²) in [7, 11) is 1.24. The quantitative estimate of drug-likeness (QED) is 0.582. The van der Waals surface area contributed by atoms with Gasteiger partial charge >= 0.3 is 5.97 Å². The number of hydrogen-bond acceptors (Lipinski definition) is 3. The Balaban J connectivity index is 1.73. The van der Waals surface area contributed by atoms with Crippen LogP contribution in [0.2, 0.25) is 0 Å². The molecule has 0 heterocycles. The summed E-state index contributed by atoms with van der Waals surface area (Å²) in [5.74, 6) is -1.95. The zero-order chi connectivity index (χ0) is 19.4. The summed E-state index contributed by atoms with van der Waals surface area (Å²) in [6, 6.07) is 13.6. The van der Waals surface area contributed by atoms with Crippen LogP contribution in [0, 0.1) is 17.5 Å². The summed E-state index contributed by atoms with van der Waals surface area (Å²) in [6.45, 7) is -0.0963. The van der Waals surface area contributed by atoms with E-state index in [0.717, 1.165) is 6.07 Å². The molecule has 0 radical (unpaired) electrons. The molecule has 0 fully saturated rings. The van der Waals surface area contributed by atoms with E-state index in [4.69, 9.17) is 4.74 Å². The van der Waals surface area contributed by atoms with Gasteiger partial charge in [0, 0.05) is 17.2 Å². The molecule has 0 aliphatic rings. The van der Waals surface area contributed by atoms with Crippen molar-refractivity contribution in [3.63, 3.8) is 0 Å². The van der Waals surface area contributed by atoms with Crippen molar-refractivity contribution < 1.29 is 27.4 Å². The molecule has 0 aromatic heterocycles. The molecule has 0 aliphatic heterocycles. The molecule has 0 N–H and O–H groups in total. The average Bonchev–Trinajstić information content (AvgIpc) is 2.67. The smallest absolute Gasteiger partial charge is 0.337 e. The van der Waals surface area contributed by atoms with E-state index in [1.807, 2.05) is 0 Å². The molecule has 3 aromatic carbocycles. The summed E-state index contributed by atoms with van der Waals surface area (Å²) >= 11 is 0. The van der Waals surface area contributed by atoms with Crippen molar-refractivity contribution in [2.45, 2.75) is 6.61 Å². The number of carbonyl (C=O) groups excluding carboxylic acids is 1. The van der Waals surface area contributed by atoms with E-state index in [9.17, 15) is 18.0 Å². The Bertz CT molecular complexity index is 969. The van der Waals surface area contributed by atoms with E-state index in [0.29, 0.717) is 11.3 Å². The largest absolute Gasteiger partial charge is 0.489 e. The number of carbonyl (C=O) groups is 1. The molecule has 0 bridgehead atoms. The third-order valence-electron chi connectivity index (χ3n) is 3.96. The predicted molar refractivity (Wildman–Crippen MR) is 93.9 cm³/mol. The number of benzene rings is 3. The Hall–Kier alpha value is -3.28. The second-order valence-corrected chi connectivity index (χ2v) is 5.73. The van der Waals surface area contributed by atoms with Crippen LogP contribution in [0.5, 0.6) is 5.75 Å². The molecule has 3 nitrogen and oxygen atoms in total. The summed E-state index contributed by atoms with van der Waals surface area (Å²) in [5.41, 5.74) is 1.24. The number of hydrogen-bond donors (Lipinski definition) is 0. The molecule has 3 aromatic rings. The van der Waals surface area contributed by atoms with Crippen LogP contribution in [0.25, 0.3) is 11.1 Å². The van der Waals surface area contributed by atoms with Crippen molar-refractivity contribution in [3.05, 3.63) is 89.2 Å². The Kier molecular flexibility index (Phi) is 5.45. The first-order valence-electron chi connectivity index (χ1n) is 8.03. The third kappa shape index (κ3) is 4.28. The van der Waals surface area contributed by atoms with E-state index >= 15 is 0 Å². The highest BCUT2D eigenvalue weighted by atomic mass is 19.1. The molecule has 6 heteroatoms. The van der Waals surface area contributed by atoms with Crippen molar-refractivity contribution in [2.24, 2.45) is 0 Å². The molecule has 0 amide bonds. The minimum absolute atomic E-state index is 0.0963. The van der Waals surface area contributed by atoms with Crippen molar-refractivity contribution in [1.29, 1.82) is 0 Å². The maximum atomic E-state index is 13.9. The fraction of sp³-hybridized carbons (Fsp3) is 0.0952. The van der Waals surface area contributed by atoms with Crippen molar-refractivity contribution in [2.75, 3.05) is 7.11 Å². The zero-order valence-corrected chi connectivity index (χ0v) is 14.3. The van der Waals surface area contributed by atoms with Crippen LogP contribution in [-0.2, 0) is 11.3 Å². The normalized spacial score (nSPS) is 10.5. The first kappa shape index (κ1) is 18.5. The Morgan fingerprint density at radius 2 is 1.63 bits per heavy atom. The van der Waals surface area contributed by atoms with Crippen molar-refractivity contribution in [1.82, 2.24) is 0 Å². The van der Waals surface area contributed by atoms with Crippen LogP contribution in [0.15, 0.2) is 60.7 Å². The lowest BCUT2D eigenvalue weighted by Crippen LogP contribution is -2.05. The van der Waals surface area contributed by atoms with Gasteiger partial charge in [0.25, 0.3) is 0 Å². The number of esters is 1. The van der Waals surface area contributed by atoms with Gasteiger partial charge in [-0.1, -0.05) is 12.1 Å². The lowest BCUT2D eigenvalue weighted by atomic mass is 10.1. The van der Waals surface area contributed by atoms with E-state index < -0.39 is 23.4 Å². The lowest BCUT2D eigenvalue weighted by Gasteiger charge is -2.10. The molecule has 3 rings (SSSR count). The monoisotopic (exact) mass is 372 g/mol. The molecule has 138 valence electrons. The molecule has 0 unspecified atom stereocenters. The zero-order valence-electron chi connectivity index (χ0n) is 14.3. The molecule has 0 spiro atoms. The summed E-state index contributed by atoms with van der Waals surface area (Å²) in [4.78, 5) is 11.5. The number of methoxy groups -OCH3 is 1. The first-order chi connectivity index (χ1) is 13.0. The Morgan fingerprint density at radius 1 is 0.889 bits per heavy atom. The molecule has 0 saturated heterocycles. The molecule has 0 saturated carbocycles. The van der Waals surface area contributed by atoms with Gasteiger partial charge in [-0.25, -0.2) is 18.0 Å². The SMILES string of the molecule is COC(=O)c1ccc(F)c(COc2ccc(-c3ccc(F)cc3F)cc2)c1. The topological polar surface area (TPSA) is 35.5 Å². The van der Waals surface area contributed by atoms with Gasteiger partial charge in [-0.05, 0) is 48.0 Å². The summed E-state index contributed by atoms with van der Waals surface area (Å²) in [5, 5.41) is 0. The summed E-state index contributed by atoms with van der Waals surface area (Å²) in [6.07, 6.45) is 0. The van der Waals surface area contributed by atoms with E-state index in [1.165, 1.54) is 37.4 Å². The van der Waals surface area contributed by atoms with Gasteiger partial charge in [0.15, 0.2) is 0 Å². The standard InChI is InChI=1S/C21H15F3O3/c1-26-21(25)14-4-9-19(23)15(10-14)12-27-17-6-2-13(3-7-17)18-8-5-16(22)11-20(18)24/h2-11H,12H2,1H3. The summed E-state index contributed by atoms with van der Waals surface area (Å²) < 4.78 is 50.9. The van der Waals surface area contributed by atoms with Crippen LogP contribution in [-0.4, -0.2) is 13.1 Å². The van der Waals surface area contributed by atoms with E-state index in [2.05, 4.69) is 4.74 Å². The van der Waals surface area contributed by atoms with Gasteiger partial charge < -0.3 is 9.47 Å². The second-order valence-electron chi connectivity index (χ2n) is 5.73. The second kappa shape index (κ2) is 7.95. The van der Waals surface area contributed by atoms with Gasteiger partial charge in [-0.15, -0.1) is 0 Å². The van der Waals surface area contributed by atoms with Gasteiger partial charge in [0.05, 0.1) is 12.7 Å². The maximum Gasteiger partial charge on any atom is 0.337 e. The van der Waals surface area contributed by atoms with Gasteiger partial charge in [-0.2, -0.15) is 0 Å². The van der Waals surface area contributed by atoms with Gasteiger partial charge in [0.1, 0.15) is 29.8 Å². The molecule has 27 heavy (non-hydrogen) atoms. The fourth-order valence-corrected chi connectivity index (χ4v) is 2.55. The molecular formula is C21H15F3O3. The molecule has 0 aliphatic carbocycles. The van der Waals surface area contributed by atoms with Gasteiger partial charge in [-0.3, -0.25) is 0 Å². The number of rotatable bonds is 5. The van der Waals surface area contributed by atoms with Crippen LogP contribution in [0.4, 0.5) is 13.2 Å². The molecular weight excluding hydrogens is 357 g/mol. The van der Waals surface area contributed by atoms with Crippen molar-refractivity contribution in [3.8, 4) is 16.9 Å². The maximum absolute atomic E-state index is 13.9. The van der Waals surface area contributed by atoms with E-state index in [1.54, 1.807) is 24.3 Å². The number of halogens is 3. The predicted octanol–water partition coefficient (Wildman–Crippen LogP) is 5.14. The van der Waals surface area contributed by atoms with Crippen molar-refractivity contribution >= 4 is 5.97 Å².